The van der Waals surface area contributed by atoms with Crippen LogP contribution in [-0.4, -0.2) is 28.2 Å². The Bertz CT molecular complexity index is 475. The van der Waals surface area contributed by atoms with Crippen LogP contribution in [0.1, 0.15) is 69.2 Å². The summed E-state index contributed by atoms with van der Waals surface area (Å²) >= 11 is 0. The minimum absolute atomic E-state index is 0.00573. The van der Waals surface area contributed by atoms with Gasteiger partial charge in [0.1, 0.15) is 0 Å². The summed E-state index contributed by atoms with van der Waals surface area (Å²) in [5.41, 5.74) is 0.0519. The number of hydrogen-bond acceptors (Lipinski definition) is 2. The molecule has 0 amide bonds. The fraction of sp³-hybridized carbons (Fsp3) is 1.00. The van der Waals surface area contributed by atoms with Gasteiger partial charge in [-0.25, -0.2) is 0 Å². The predicted molar refractivity (Wildman–Crippen MR) is 100 cm³/mol. The maximum absolute atomic E-state index is 11.6. The largest absolute Gasteiger partial charge is 0.374 e. The average Bonchev–Trinajstić information content (AvgIpc) is 2.64. The van der Waals surface area contributed by atoms with Crippen LogP contribution in [0.15, 0.2) is 0 Å². The zero-order chi connectivity index (χ0) is 19.3. The second-order valence-electron chi connectivity index (χ2n) is 11.0. The molecule has 0 spiro atoms. The Morgan fingerprint density at radius 3 is 1.58 bits per heavy atom. The van der Waals surface area contributed by atoms with E-state index in [4.69, 9.17) is 4.74 Å². The third kappa shape index (κ3) is 5.30. The molecule has 0 bridgehead atoms. The Morgan fingerprint density at radius 2 is 1.29 bits per heavy atom. The van der Waals surface area contributed by atoms with Crippen LogP contribution in [0.3, 0.4) is 0 Å². The average molecular weight is 362 g/mol. The summed E-state index contributed by atoms with van der Waals surface area (Å²) in [5, 5.41) is 0. The van der Waals surface area contributed by atoms with Gasteiger partial charge in [0.25, 0.3) is 0 Å². The van der Waals surface area contributed by atoms with Gasteiger partial charge in [0.15, 0.2) is 0 Å². The van der Waals surface area contributed by atoms with Crippen molar-refractivity contribution in [2.24, 2.45) is 34.0 Å². The van der Waals surface area contributed by atoms with E-state index in [2.05, 4.69) is 62.3 Å². The SMILES string of the molecule is C[C@@H](CP(=O)(O)O)[C@H]1O[C@@H](C(C)(C)C)[C@@H](C(C)(C)C)C1C(C)(C)C. The van der Waals surface area contributed by atoms with E-state index in [9.17, 15) is 14.4 Å². The molecule has 0 aromatic carbocycles. The summed E-state index contributed by atoms with van der Waals surface area (Å²) in [6.07, 6.45) is -0.171. The number of hydrogen-bond donors (Lipinski definition) is 2. The first kappa shape index (κ1) is 22.2. The zero-order valence-corrected chi connectivity index (χ0v) is 18.1. The molecule has 1 fully saturated rings. The Kier molecular flexibility index (Phi) is 6.17. The molecule has 5 heteroatoms. The number of ether oxygens (including phenoxy) is 1. The highest BCUT2D eigenvalue weighted by molar-refractivity contribution is 7.51. The van der Waals surface area contributed by atoms with Gasteiger partial charge in [-0.1, -0.05) is 69.2 Å². The molecule has 5 atom stereocenters. The van der Waals surface area contributed by atoms with Gasteiger partial charge in [0.05, 0.1) is 18.4 Å². The first-order valence-electron chi connectivity index (χ1n) is 9.06. The molecule has 2 N–H and O–H groups in total. The highest BCUT2D eigenvalue weighted by Gasteiger charge is 2.57. The van der Waals surface area contributed by atoms with Gasteiger partial charge < -0.3 is 14.5 Å². The van der Waals surface area contributed by atoms with Crippen LogP contribution in [0, 0.1) is 34.0 Å². The van der Waals surface area contributed by atoms with E-state index < -0.39 is 7.60 Å². The molecule has 1 heterocycles. The summed E-state index contributed by atoms with van der Waals surface area (Å²) in [7, 11) is -4.05. The lowest BCUT2D eigenvalue weighted by molar-refractivity contribution is -0.0592. The first-order valence-corrected chi connectivity index (χ1v) is 10.9. The molecule has 0 radical (unpaired) electrons. The standard InChI is InChI=1S/C19H39O4P/c1-12(11-24(20,21)22)15-13(17(2,3)4)14(18(5,6)7)16(23-15)19(8,9)10/h12-16H,11H2,1-10H3,(H2,20,21,22)/t12-,13?,14-,15+,16+/m0/s1. The van der Waals surface area contributed by atoms with Crippen molar-refractivity contribution in [1.29, 1.82) is 0 Å². The Morgan fingerprint density at radius 1 is 0.875 bits per heavy atom. The van der Waals surface area contributed by atoms with Crippen LogP contribution in [0.2, 0.25) is 0 Å². The van der Waals surface area contributed by atoms with E-state index in [0.29, 0.717) is 5.92 Å². The quantitative estimate of drug-likeness (QED) is 0.698. The Labute approximate surface area is 148 Å². The van der Waals surface area contributed by atoms with Crippen LogP contribution < -0.4 is 0 Å². The van der Waals surface area contributed by atoms with Gasteiger partial charge in [-0.2, -0.15) is 0 Å². The lowest BCUT2D eigenvalue weighted by Crippen LogP contribution is -2.44. The molecular formula is C19H39O4P. The summed E-state index contributed by atoms with van der Waals surface area (Å²) in [6, 6.07) is 0. The third-order valence-electron chi connectivity index (χ3n) is 5.31. The molecular weight excluding hydrogens is 323 g/mol. The second kappa shape index (κ2) is 6.68. The van der Waals surface area contributed by atoms with E-state index in [1.54, 1.807) is 0 Å². The van der Waals surface area contributed by atoms with E-state index in [-0.39, 0.29) is 46.5 Å². The van der Waals surface area contributed by atoms with Crippen molar-refractivity contribution in [1.82, 2.24) is 0 Å². The lowest BCUT2D eigenvalue weighted by Gasteiger charge is -2.44. The van der Waals surface area contributed by atoms with Crippen LogP contribution in [0.25, 0.3) is 0 Å². The van der Waals surface area contributed by atoms with Crippen molar-refractivity contribution in [2.45, 2.75) is 81.4 Å². The lowest BCUT2D eigenvalue weighted by atomic mass is 9.58. The maximum Gasteiger partial charge on any atom is 0.325 e. The Balaban J connectivity index is 3.36. The van der Waals surface area contributed by atoms with Gasteiger partial charge in [0.2, 0.25) is 0 Å². The van der Waals surface area contributed by atoms with Crippen molar-refractivity contribution in [3.63, 3.8) is 0 Å². The van der Waals surface area contributed by atoms with Crippen LogP contribution >= 0.6 is 7.60 Å². The molecule has 1 saturated heterocycles. The van der Waals surface area contributed by atoms with Crippen molar-refractivity contribution < 1.29 is 19.1 Å². The number of rotatable bonds is 3. The van der Waals surface area contributed by atoms with Gasteiger partial charge >= 0.3 is 7.60 Å². The van der Waals surface area contributed by atoms with E-state index in [1.807, 2.05) is 6.92 Å². The third-order valence-corrected chi connectivity index (χ3v) is 6.36. The molecule has 0 aliphatic carbocycles. The van der Waals surface area contributed by atoms with Crippen LogP contribution in [0.4, 0.5) is 0 Å². The molecule has 4 nitrogen and oxygen atoms in total. The second-order valence-corrected chi connectivity index (χ2v) is 12.7. The van der Waals surface area contributed by atoms with Gasteiger partial charge in [0, 0.05) is 0 Å². The zero-order valence-electron chi connectivity index (χ0n) is 17.3. The predicted octanol–water partition coefficient (Wildman–Crippen LogP) is 4.94. The smallest absolute Gasteiger partial charge is 0.325 e. The van der Waals surface area contributed by atoms with Gasteiger partial charge in [-0.15, -0.1) is 0 Å². The first-order chi connectivity index (χ1) is 10.4. The summed E-state index contributed by atoms with van der Waals surface area (Å²) in [5.74, 6) is 0.414. The molecule has 0 saturated carbocycles. The van der Waals surface area contributed by atoms with Gasteiger partial charge in [-0.05, 0) is 34.0 Å². The highest BCUT2D eigenvalue weighted by Crippen LogP contribution is 2.57. The fourth-order valence-corrected chi connectivity index (χ4v) is 5.42. The van der Waals surface area contributed by atoms with Crippen molar-refractivity contribution in [3.8, 4) is 0 Å². The fourth-order valence-electron chi connectivity index (χ4n) is 4.47. The minimum atomic E-state index is -4.05. The molecule has 144 valence electrons. The topological polar surface area (TPSA) is 66.8 Å². The highest BCUT2D eigenvalue weighted by atomic mass is 31.2. The summed E-state index contributed by atoms with van der Waals surface area (Å²) in [4.78, 5) is 18.9. The molecule has 0 aromatic heterocycles. The Hall–Kier alpha value is 0.110. The summed E-state index contributed by atoms with van der Waals surface area (Å²) < 4.78 is 18.1. The molecule has 24 heavy (non-hydrogen) atoms. The van der Waals surface area contributed by atoms with Gasteiger partial charge in [-0.3, -0.25) is 4.57 Å². The minimum Gasteiger partial charge on any atom is -0.374 e. The molecule has 1 aliphatic rings. The maximum atomic E-state index is 11.6. The monoisotopic (exact) mass is 362 g/mol. The summed E-state index contributed by atoms with van der Waals surface area (Å²) in [6.45, 7) is 22.0. The van der Waals surface area contributed by atoms with Crippen molar-refractivity contribution in [3.05, 3.63) is 0 Å². The van der Waals surface area contributed by atoms with Crippen molar-refractivity contribution in [2.75, 3.05) is 6.16 Å². The van der Waals surface area contributed by atoms with Crippen LogP contribution in [-0.2, 0) is 9.30 Å². The van der Waals surface area contributed by atoms with E-state index in [0.717, 1.165) is 0 Å². The van der Waals surface area contributed by atoms with Crippen LogP contribution in [0.5, 0.6) is 0 Å². The van der Waals surface area contributed by atoms with Crippen molar-refractivity contribution >= 4 is 7.60 Å². The van der Waals surface area contributed by atoms with E-state index >= 15 is 0 Å². The molecule has 1 unspecified atom stereocenters. The molecule has 1 rings (SSSR count). The molecule has 0 aromatic rings. The normalized spacial score (nSPS) is 31.3. The van der Waals surface area contributed by atoms with E-state index in [1.165, 1.54) is 0 Å². The molecule has 1 aliphatic heterocycles.